The van der Waals surface area contributed by atoms with Crippen molar-refractivity contribution in [2.45, 2.75) is 0 Å². The Labute approximate surface area is 43.4 Å². The van der Waals surface area contributed by atoms with Crippen molar-refractivity contribution in [2.75, 3.05) is 20.1 Å². The molecule has 0 spiro atoms. The molecule has 0 unspecified atom stereocenters. The molecule has 4 heteroatoms. The van der Waals surface area contributed by atoms with E-state index in [9.17, 15) is 0 Å². The predicted molar refractivity (Wildman–Crippen MR) is 29.3 cm³/mol. The van der Waals surface area contributed by atoms with E-state index in [0.29, 0.717) is 6.54 Å². The van der Waals surface area contributed by atoms with E-state index in [0.717, 1.165) is 6.54 Å². The van der Waals surface area contributed by atoms with Crippen molar-refractivity contribution < 1.29 is 0 Å². The number of hydrazine groups is 2. The minimum Gasteiger partial charge on any atom is -0.329 e. The van der Waals surface area contributed by atoms with Gasteiger partial charge in [0, 0.05) is 13.1 Å². The molecule has 0 atom stereocenters. The highest BCUT2D eigenvalue weighted by Gasteiger charge is 1.73. The van der Waals surface area contributed by atoms with Gasteiger partial charge in [-0.3, -0.25) is 0 Å². The molecular weight excluding hydrogens is 92.1 g/mol. The molecule has 5 N–H and O–H groups in total. The fourth-order valence-corrected chi connectivity index (χ4v) is 0.223. The van der Waals surface area contributed by atoms with Crippen molar-refractivity contribution in [2.24, 2.45) is 5.73 Å². The second-order valence-corrected chi connectivity index (χ2v) is 1.09. The third kappa shape index (κ3) is 5.84. The topological polar surface area (TPSA) is 62.1 Å². The van der Waals surface area contributed by atoms with Crippen molar-refractivity contribution in [3.63, 3.8) is 0 Å². The van der Waals surface area contributed by atoms with Gasteiger partial charge in [-0.2, -0.15) is 5.53 Å². The SMILES string of the molecule is CNNNCCN. The van der Waals surface area contributed by atoms with E-state index in [1.54, 1.807) is 7.05 Å². The molecule has 0 saturated heterocycles. The standard InChI is InChI=1S/C3H12N4/c1-5-7-6-3-2-4/h5-7H,2-4H2,1H3. The van der Waals surface area contributed by atoms with Crippen LogP contribution in [0.4, 0.5) is 0 Å². The van der Waals surface area contributed by atoms with Crippen LogP contribution < -0.4 is 22.1 Å². The van der Waals surface area contributed by atoms with Gasteiger partial charge < -0.3 is 5.73 Å². The first-order valence-electron chi connectivity index (χ1n) is 2.26. The molecule has 0 heterocycles. The van der Waals surface area contributed by atoms with E-state index in [4.69, 9.17) is 5.73 Å². The van der Waals surface area contributed by atoms with Crippen molar-refractivity contribution in [3.05, 3.63) is 0 Å². The third-order valence-electron chi connectivity index (χ3n) is 0.483. The van der Waals surface area contributed by atoms with Crippen LogP contribution in [-0.2, 0) is 0 Å². The molecule has 0 aromatic rings. The first-order chi connectivity index (χ1) is 3.41. The third-order valence-corrected chi connectivity index (χ3v) is 0.483. The van der Waals surface area contributed by atoms with E-state index < -0.39 is 0 Å². The number of nitrogens with one attached hydrogen (secondary N) is 3. The molecule has 0 rings (SSSR count). The Hall–Kier alpha value is -0.160. The van der Waals surface area contributed by atoms with E-state index in [1.807, 2.05) is 0 Å². The Morgan fingerprint density at radius 1 is 1.57 bits per heavy atom. The van der Waals surface area contributed by atoms with Gasteiger partial charge in [-0.15, -0.1) is 0 Å². The highest BCUT2D eigenvalue weighted by atomic mass is 15.6. The smallest absolute Gasteiger partial charge is 0.0236 e. The lowest BCUT2D eigenvalue weighted by Gasteiger charge is -2.00. The summed E-state index contributed by atoms with van der Waals surface area (Å²) in [5.41, 5.74) is 13.3. The number of hydrogen-bond acceptors (Lipinski definition) is 4. The van der Waals surface area contributed by atoms with Crippen LogP contribution in [0.25, 0.3) is 0 Å². The molecule has 4 nitrogen and oxygen atoms in total. The molecule has 0 bridgehead atoms. The van der Waals surface area contributed by atoms with Gasteiger partial charge in [0.05, 0.1) is 0 Å². The van der Waals surface area contributed by atoms with Gasteiger partial charge in [-0.1, -0.05) is 0 Å². The van der Waals surface area contributed by atoms with Crippen LogP contribution in [0.3, 0.4) is 0 Å². The number of nitrogens with two attached hydrogens (primary N) is 1. The minimum atomic E-state index is 0.648. The fraction of sp³-hybridized carbons (Fsp3) is 1.00. The second kappa shape index (κ2) is 5.84. The maximum absolute atomic E-state index is 5.14. The summed E-state index contributed by atoms with van der Waals surface area (Å²) in [4.78, 5) is 0. The zero-order chi connectivity index (χ0) is 5.54. The largest absolute Gasteiger partial charge is 0.329 e. The Bertz CT molecular complexity index is 26.1. The van der Waals surface area contributed by atoms with Crippen LogP contribution >= 0.6 is 0 Å². The average Bonchev–Trinajstić information content (AvgIpc) is 1.69. The van der Waals surface area contributed by atoms with E-state index in [1.165, 1.54) is 0 Å². The lowest BCUT2D eigenvalue weighted by molar-refractivity contribution is 0.476. The predicted octanol–water partition coefficient (Wildman–Crippen LogP) is -1.83. The Morgan fingerprint density at radius 2 is 2.29 bits per heavy atom. The zero-order valence-electron chi connectivity index (χ0n) is 4.49. The molecule has 7 heavy (non-hydrogen) atoms. The summed E-state index contributed by atoms with van der Waals surface area (Å²) in [6.07, 6.45) is 0. The maximum Gasteiger partial charge on any atom is 0.0236 e. The van der Waals surface area contributed by atoms with Crippen LogP contribution in [-0.4, -0.2) is 20.1 Å². The molecule has 0 saturated carbocycles. The summed E-state index contributed by atoms with van der Waals surface area (Å²) in [6.45, 7) is 1.43. The van der Waals surface area contributed by atoms with E-state index in [2.05, 4.69) is 16.4 Å². The first kappa shape index (κ1) is 6.84. The lowest BCUT2D eigenvalue weighted by atomic mass is 10.7. The molecule has 0 aliphatic rings. The van der Waals surface area contributed by atoms with Gasteiger partial charge in [-0.25, -0.2) is 10.9 Å². The minimum absolute atomic E-state index is 0.648. The molecule has 0 amide bonds. The van der Waals surface area contributed by atoms with Crippen LogP contribution in [0.2, 0.25) is 0 Å². The van der Waals surface area contributed by atoms with Crippen LogP contribution in [0.5, 0.6) is 0 Å². The highest BCUT2D eigenvalue weighted by molar-refractivity contribution is 4.34. The van der Waals surface area contributed by atoms with Crippen LogP contribution in [0.1, 0.15) is 0 Å². The second-order valence-electron chi connectivity index (χ2n) is 1.09. The van der Waals surface area contributed by atoms with E-state index in [-0.39, 0.29) is 0 Å². The molecule has 0 fully saturated rings. The quantitative estimate of drug-likeness (QED) is 0.250. The van der Waals surface area contributed by atoms with Crippen LogP contribution in [0, 0.1) is 0 Å². The molecule has 0 aliphatic heterocycles. The van der Waals surface area contributed by atoms with Crippen molar-refractivity contribution >= 4 is 0 Å². The highest BCUT2D eigenvalue weighted by Crippen LogP contribution is 1.38. The van der Waals surface area contributed by atoms with Gasteiger partial charge in [0.25, 0.3) is 0 Å². The van der Waals surface area contributed by atoms with Crippen molar-refractivity contribution in [1.29, 1.82) is 0 Å². The lowest BCUT2D eigenvalue weighted by Crippen LogP contribution is -2.43. The Balaban J connectivity index is 2.45. The van der Waals surface area contributed by atoms with Crippen molar-refractivity contribution in [3.8, 4) is 0 Å². The summed E-state index contributed by atoms with van der Waals surface area (Å²) in [7, 11) is 1.78. The van der Waals surface area contributed by atoms with Crippen LogP contribution in [0.15, 0.2) is 0 Å². The molecule has 0 aliphatic carbocycles. The summed E-state index contributed by atoms with van der Waals surface area (Å²) < 4.78 is 0. The number of rotatable bonds is 4. The summed E-state index contributed by atoms with van der Waals surface area (Å²) in [5, 5.41) is 0. The molecule has 0 aromatic carbocycles. The molecule has 0 radical (unpaired) electrons. The van der Waals surface area contributed by atoms with Gasteiger partial charge >= 0.3 is 0 Å². The molecular formula is C3H12N4. The first-order valence-corrected chi connectivity index (χ1v) is 2.26. The van der Waals surface area contributed by atoms with Gasteiger partial charge in [0.2, 0.25) is 0 Å². The Kier molecular flexibility index (Phi) is 5.71. The maximum atomic E-state index is 5.14. The molecule has 44 valence electrons. The summed E-state index contributed by atoms with van der Waals surface area (Å²) in [6, 6.07) is 0. The number of hydrogen-bond donors (Lipinski definition) is 4. The van der Waals surface area contributed by atoms with Crippen molar-refractivity contribution in [1.82, 2.24) is 16.4 Å². The van der Waals surface area contributed by atoms with Gasteiger partial charge in [0.1, 0.15) is 0 Å². The fourth-order valence-electron chi connectivity index (χ4n) is 0.223. The average molecular weight is 104 g/mol. The zero-order valence-corrected chi connectivity index (χ0v) is 4.49. The Morgan fingerprint density at radius 3 is 2.71 bits per heavy atom. The monoisotopic (exact) mass is 104 g/mol. The molecule has 0 aromatic heterocycles. The summed E-state index contributed by atoms with van der Waals surface area (Å²) in [5.74, 6) is 0. The normalized spacial score (nSPS) is 9.43. The van der Waals surface area contributed by atoms with Gasteiger partial charge in [0.15, 0.2) is 0 Å². The van der Waals surface area contributed by atoms with E-state index >= 15 is 0 Å². The summed E-state index contributed by atoms with van der Waals surface area (Å²) >= 11 is 0. The van der Waals surface area contributed by atoms with Gasteiger partial charge in [-0.05, 0) is 7.05 Å².